The second-order valence-corrected chi connectivity index (χ2v) is 7.36. The summed E-state index contributed by atoms with van der Waals surface area (Å²) < 4.78 is 65.6. The van der Waals surface area contributed by atoms with Gasteiger partial charge in [-0.15, -0.1) is 12.4 Å². The van der Waals surface area contributed by atoms with E-state index in [-0.39, 0.29) is 29.9 Å². The number of benzene rings is 1. The van der Waals surface area contributed by atoms with E-state index in [1.54, 1.807) is 0 Å². The smallest absolute Gasteiger partial charge is 0.315 e. The molecule has 1 fully saturated rings. The summed E-state index contributed by atoms with van der Waals surface area (Å²) in [5.74, 6) is -0.528. The van der Waals surface area contributed by atoms with Gasteiger partial charge in [-0.1, -0.05) is 25.1 Å². The maximum absolute atomic E-state index is 12.9. The van der Waals surface area contributed by atoms with Gasteiger partial charge in [0.05, 0.1) is 11.3 Å². The van der Waals surface area contributed by atoms with E-state index in [0.29, 0.717) is 6.54 Å². The molecular weight excluding hydrogens is 353 g/mol. The Labute approximate surface area is 140 Å². The first-order valence-electron chi connectivity index (χ1n) is 7.05. The summed E-state index contributed by atoms with van der Waals surface area (Å²) in [5, 5.41) is 3.08. The molecule has 0 saturated carbocycles. The summed E-state index contributed by atoms with van der Waals surface area (Å²) in [6, 6.07) is 4.46. The molecule has 0 spiro atoms. The Kier molecular flexibility index (Phi) is 6.88. The Bertz CT molecular complexity index is 623. The molecule has 0 amide bonds. The lowest BCUT2D eigenvalue weighted by Gasteiger charge is -2.30. The van der Waals surface area contributed by atoms with Crippen molar-refractivity contribution in [3.05, 3.63) is 35.4 Å². The van der Waals surface area contributed by atoms with Crippen LogP contribution in [0.1, 0.15) is 24.5 Å². The van der Waals surface area contributed by atoms with Crippen molar-refractivity contribution in [1.29, 1.82) is 0 Å². The molecule has 1 aromatic carbocycles. The van der Waals surface area contributed by atoms with Gasteiger partial charge in [0.25, 0.3) is 0 Å². The molecule has 132 valence electrons. The highest BCUT2D eigenvalue weighted by atomic mass is 35.5. The molecule has 0 bridgehead atoms. The molecule has 0 aliphatic carbocycles. The largest absolute Gasteiger partial charge is 0.416 e. The van der Waals surface area contributed by atoms with E-state index in [9.17, 15) is 21.6 Å². The van der Waals surface area contributed by atoms with Crippen LogP contribution in [0.5, 0.6) is 0 Å². The third-order valence-electron chi connectivity index (χ3n) is 3.83. The van der Waals surface area contributed by atoms with Gasteiger partial charge in [-0.3, -0.25) is 0 Å². The quantitative estimate of drug-likeness (QED) is 0.854. The van der Waals surface area contributed by atoms with E-state index in [1.807, 2.05) is 6.92 Å². The van der Waals surface area contributed by atoms with Crippen molar-refractivity contribution < 1.29 is 21.6 Å². The fraction of sp³-hybridized carbons (Fsp3) is 0.571. The number of hydrogen-bond acceptors (Lipinski definition) is 3. The Morgan fingerprint density at radius 1 is 1.30 bits per heavy atom. The maximum atomic E-state index is 12.9. The van der Waals surface area contributed by atoms with Gasteiger partial charge in [-0.25, -0.2) is 13.1 Å². The number of nitrogens with one attached hydrogen (secondary N) is 2. The molecule has 2 unspecified atom stereocenters. The van der Waals surface area contributed by atoms with Gasteiger partial charge in [0.15, 0.2) is 0 Å². The second-order valence-electron chi connectivity index (χ2n) is 5.61. The van der Waals surface area contributed by atoms with Crippen molar-refractivity contribution >= 4 is 22.4 Å². The van der Waals surface area contributed by atoms with E-state index in [4.69, 9.17) is 0 Å². The molecule has 1 aromatic rings. The zero-order valence-corrected chi connectivity index (χ0v) is 14.2. The van der Waals surface area contributed by atoms with Crippen LogP contribution in [0.15, 0.2) is 24.3 Å². The fourth-order valence-electron chi connectivity index (χ4n) is 2.55. The van der Waals surface area contributed by atoms with E-state index >= 15 is 0 Å². The maximum Gasteiger partial charge on any atom is 0.416 e. The molecule has 2 atom stereocenters. The van der Waals surface area contributed by atoms with Gasteiger partial charge in [0, 0.05) is 12.6 Å². The lowest BCUT2D eigenvalue weighted by Crippen LogP contribution is -2.50. The van der Waals surface area contributed by atoms with Crippen molar-refractivity contribution in [3.8, 4) is 0 Å². The predicted octanol–water partition coefficient (Wildman–Crippen LogP) is 2.54. The van der Waals surface area contributed by atoms with Crippen molar-refractivity contribution in [2.45, 2.75) is 31.3 Å². The van der Waals surface area contributed by atoms with E-state index < -0.39 is 27.5 Å². The highest BCUT2D eigenvalue weighted by molar-refractivity contribution is 7.88. The van der Waals surface area contributed by atoms with Crippen LogP contribution < -0.4 is 10.0 Å². The third-order valence-corrected chi connectivity index (χ3v) is 5.18. The zero-order valence-electron chi connectivity index (χ0n) is 12.6. The molecule has 23 heavy (non-hydrogen) atoms. The SMILES string of the molecule is CC1CCNCC1NS(=O)(=O)Cc1ccccc1C(F)(F)F.Cl. The highest BCUT2D eigenvalue weighted by Gasteiger charge is 2.34. The van der Waals surface area contributed by atoms with Gasteiger partial charge in [0.2, 0.25) is 10.0 Å². The summed E-state index contributed by atoms with van der Waals surface area (Å²) in [7, 11) is -3.84. The van der Waals surface area contributed by atoms with Crippen molar-refractivity contribution in [3.63, 3.8) is 0 Å². The molecule has 1 aliphatic heterocycles. The Hall–Kier alpha value is -0.830. The molecule has 4 nitrogen and oxygen atoms in total. The predicted molar refractivity (Wildman–Crippen MR) is 84.9 cm³/mol. The minimum atomic E-state index is -4.56. The molecule has 0 radical (unpaired) electrons. The van der Waals surface area contributed by atoms with Crippen LogP contribution in [0.3, 0.4) is 0 Å². The fourth-order valence-corrected chi connectivity index (χ4v) is 4.07. The molecule has 2 rings (SSSR count). The Morgan fingerprint density at radius 3 is 2.57 bits per heavy atom. The van der Waals surface area contributed by atoms with Gasteiger partial charge in [0.1, 0.15) is 0 Å². The van der Waals surface area contributed by atoms with Crippen LogP contribution >= 0.6 is 12.4 Å². The molecule has 2 N–H and O–H groups in total. The van der Waals surface area contributed by atoms with Crippen LogP contribution in [-0.2, 0) is 22.0 Å². The molecule has 1 aliphatic rings. The summed E-state index contributed by atoms with van der Waals surface area (Å²) in [4.78, 5) is 0. The normalized spacial score (nSPS) is 22.4. The average molecular weight is 373 g/mol. The van der Waals surface area contributed by atoms with E-state index in [2.05, 4.69) is 10.0 Å². The molecule has 1 heterocycles. The average Bonchev–Trinajstić information content (AvgIpc) is 2.40. The standard InChI is InChI=1S/C14H19F3N2O2S.ClH/c1-10-6-7-18-8-13(10)19-22(20,21)9-11-4-2-3-5-12(11)14(15,16)17;/h2-5,10,13,18-19H,6-9H2,1H3;1H. The van der Waals surface area contributed by atoms with Crippen LogP contribution in [0.4, 0.5) is 13.2 Å². The summed E-state index contributed by atoms with van der Waals surface area (Å²) in [5.41, 5.74) is -1.14. The minimum absolute atomic E-state index is 0. The van der Waals surface area contributed by atoms with Crippen LogP contribution in [0.25, 0.3) is 0 Å². The van der Waals surface area contributed by atoms with Gasteiger partial charge in [-0.05, 0) is 30.5 Å². The molecule has 0 aromatic heterocycles. The number of sulfonamides is 1. The second kappa shape index (κ2) is 7.83. The van der Waals surface area contributed by atoms with Crippen molar-refractivity contribution in [1.82, 2.24) is 10.0 Å². The first-order valence-corrected chi connectivity index (χ1v) is 8.70. The lowest BCUT2D eigenvalue weighted by molar-refractivity contribution is -0.138. The number of alkyl halides is 3. The van der Waals surface area contributed by atoms with E-state index in [0.717, 1.165) is 19.0 Å². The molecule has 9 heteroatoms. The number of piperidine rings is 1. The zero-order chi connectivity index (χ0) is 16.4. The Morgan fingerprint density at radius 2 is 1.96 bits per heavy atom. The van der Waals surface area contributed by atoms with Crippen LogP contribution in [0.2, 0.25) is 0 Å². The van der Waals surface area contributed by atoms with Crippen LogP contribution in [-0.4, -0.2) is 27.5 Å². The molecule has 1 saturated heterocycles. The topological polar surface area (TPSA) is 58.2 Å². The summed E-state index contributed by atoms with van der Waals surface area (Å²) >= 11 is 0. The van der Waals surface area contributed by atoms with Crippen molar-refractivity contribution in [2.24, 2.45) is 5.92 Å². The third kappa shape index (κ3) is 5.63. The van der Waals surface area contributed by atoms with Gasteiger partial charge in [-0.2, -0.15) is 13.2 Å². The number of halogens is 4. The highest BCUT2D eigenvalue weighted by Crippen LogP contribution is 2.32. The summed E-state index contributed by atoms with van der Waals surface area (Å²) in [6.07, 6.45) is -3.74. The van der Waals surface area contributed by atoms with Gasteiger partial charge < -0.3 is 5.32 Å². The lowest BCUT2D eigenvalue weighted by atomic mass is 9.96. The van der Waals surface area contributed by atoms with Crippen molar-refractivity contribution in [2.75, 3.05) is 13.1 Å². The first-order chi connectivity index (χ1) is 10.2. The van der Waals surface area contributed by atoms with Gasteiger partial charge >= 0.3 is 6.18 Å². The number of rotatable bonds is 4. The number of hydrogen-bond donors (Lipinski definition) is 2. The monoisotopic (exact) mass is 372 g/mol. The first kappa shape index (κ1) is 20.2. The van der Waals surface area contributed by atoms with Crippen LogP contribution in [0, 0.1) is 5.92 Å². The Balaban J connectivity index is 0.00000264. The minimum Gasteiger partial charge on any atom is -0.315 e. The summed E-state index contributed by atoms with van der Waals surface area (Å²) in [6.45, 7) is 3.23. The van der Waals surface area contributed by atoms with E-state index in [1.165, 1.54) is 18.2 Å². The molecular formula is C14H20ClF3N2O2S.